The Morgan fingerprint density at radius 2 is 1.74 bits per heavy atom. The van der Waals surface area contributed by atoms with Crippen LogP contribution in [0.1, 0.15) is 76.2 Å². The van der Waals surface area contributed by atoms with Crippen molar-refractivity contribution in [1.29, 1.82) is 0 Å². The minimum atomic E-state index is -4.60. The van der Waals surface area contributed by atoms with Crippen molar-refractivity contribution in [3.63, 3.8) is 0 Å². The van der Waals surface area contributed by atoms with Crippen LogP contribution in [0.15, 0.2) is 47.2 Å². The second-order valence-electron chi connectivity index (χ2n) is 14.3. The van der Waals surface area contributed by atoms with Gasteiger partial charge in [0.05, 0.1) is 5.57 Å². The predicted octanol–water partition coefficient (Wildman–Crippen LogP) is 5.95. The lowest BCUT2D eigenvalue weighted by Gasteiger charge is -2.42. The molecule has 0 aromatic heterocycles. The number of nitrogens with one attached hydrogen (secondary N) is 2. The van der Waals surface area contributed by atoms with E-state index in [1.54, 1.807) is 6.92 Å². The molecule has 1 aromatic carbocycles. The van der Waals surface area contributed by atoms with E-state index in [0.29, 0.717) is 43.3 Å². The number of piperazine rings is 1. The van der Waals surface area contributed by atoms with Crippen LogP contribution < -0.4 is 15.5 Å². The quantitative estimate of drug-likeness (QED) is 0.133. The highest BCUT2D eigenvalue weighted by Crippen LogP contribution is 2.45. The fraction of sp³-hybridized carbons (Fsp3) is 0.667. The Morgan fingerprint density at radius 3 is 2.43 bits per heavy atom. The van der Waals surface area contributed by atoms with Crippen molar-refractivity contribution in [2.24, 2.45) is 10.9 Å². The number of allylic oxidation sites excluding steroid dienone is 1. The zero-order valence-electron chi connectivity index (χ0n) is 28.1. The third-order valence-corrected chi connectivity index (χ3v) is 10.9. The van der Waals surface area contributed by atoms with Gasteiger partial charge in [-0.1, -0.05) is 13.0 Å². The number of piperidine rings is 1. The number of alkyl halides is 3. The Balaban J connectivity index is 1.03. The van der Waals surface area contributed by atoms with Gasteiger partial charge in [0.15, 0.2) is 0 Å². The average Bonchev–Trinajstić information content (AvgIpc) is 3.87. The first-order valence-electron chi connectivity index (χ1n) is 17.7. The molecule has 2 aliphatic carbocycles. The Labute approximate surface area is 278 Å². The van der Waals surface area contributed by atoms with Crippen LogP contribution >= 0.6 is 0 Å². The van der Waals surface area contributed by atoms with Gasteiger partial charge in [-0.05, 0) is 95.0 Å². The van der Waals surface area contributed by atoms with Gasteiger partial charge >= 0.3 is 6.18 Å². The number of amides is 1. The van der Waals surface area contributed by atoms with Crippen molar-refractivity contribution in [1.82, 2.24) is 20.0 Å². The number of hydrogen-bond donors (Lipinski definition) is 2. The summed E-state index contributed by atoms with van der Waals surface area (Å²) in [5.74, 6) is 1.20. The second kappa shape index (κ2) is 14.6. The number of halogens is 3. The van der Waals surface area contributed by atoms with E-state index >= 15 is 0 Å². The van der Waals surface area contributed by atoms with E-state index in [4.69, 9.17) is 0 Å². The lowest BCUT2D eigenvalue weighted by Crippen LogP contribution is -2.52. The molecule has 2 unspecified atom stereocenters. The molecule has 3 aliphatic heterocycles. The van der Waals surface area contributed by atoms with E-state index in [1.165, 1.54) is 24.1 Å². The van der Waals surface area contributed by atoms with Gasteiger partial charge in [-0.3, -0.25) is 9.69 Å². The minimum absolute atomic E-state index is 0.138. The molecule has 5 aliphatic rings. The number of amidine groups is 1. The zero-order valence-corrected chi connectivity index (χ0v) is 28.1. The molecule has 0 spiro atoms. The van der Waals surface area contributed by atoms with Gasteiger partial charge < -0.3 is 25.3 Å². The van der Waals surface area contributed by atoms with E-state index in [-0.39, 0.29) is 17.5 Å². The molecule has 3 saturated heterocycles. The van der Waals surface area contributed by atoms with E-state index in [9.17, 15) is 18.0 Å². The van der Waals surface area contributed by atoms with Gasteiger partial charge in [0, 0.05) is 93.6 Å². The van der Waals surface area contributed by atoms with Gasteiger partial charge in [-0.2, -0.15) is 13.2 Å². The molecule has 6 rings (SSSR count). The summed E-state index contributed by atoms with van der Waals surface area (Å²) in [5, 5.41) is 6.12. The first-order valence-corrected chi connectivity index (χ1v) is 17.7. The predicted molar refractivity (Wildman–Crippen MR) is 183 cm³/mol. The van der Waals surface area contributed by atoms with E-state index in [0.717, 1.165) is 89.7 Å². The maximum atomic E-state index is 14.0. The van der Waals surface area contributed by atoms with E-state index < -0.39 is 11.7 Å². The van der Waals surface area contributed by atoms with Crippen LogP contribution in [0.4, 0.5) is 24.5 Å². The normalized spacial score (nSPS) is 25.4. The number of aliphatic imine (C=N–C) groups is 1. The lowest BCUT2D eigenvalue weighted by atomic mass is 9.90. The second-order valence-corrected chi connectivity index (χ2v) is 14.3. The number of carbonyl (C=O) groups is 1. The third kappa shape index (κ3) is 8.34. The summed E-state index contributed by atoms with van der Waals surface area (Å²) in [6.45, 7) is 12.9. The molecule has 8 nitrogen and oxygen atoms in total. The van der Waals surface area contributed by atoms with Crippen molar-refractivity contribution < 1.29 is 18.0 Å². The number of benzene rings is 1. The topological polar surface area (TPSA) is 66.5 Å². The number of anilines is 2. The minimum Gasteiger partial charge on any atom is -0.385 e. The van der Waals surface area contributed by atoms with Gasteiger partial charge in [0.25, 0.3) is 0 Å². The molecule has 2 saturated carbocycles. The summed E-state index contributed by atoms with van der Waals surface area (Å²) in [6.07, 6.45) is 5.39. The molecular formula is C36H52F3N7O. The molecule has 47 heavy (non-hydrogen) atoms. The van der Waals surface area contributed by atoms with Gasteiger partial charge in [-0.15, -0.1) is 0 Å². The fourth-order valence-corrected chi connectivity index (χ4v) is 7.94. The van der Waals surface area contributed by atoms with Gasteiger partial charge in [-0.25, -0.2) is 4.99 Å². The molecule has 258 valence electrons. The summed E-state index contributed by atoms with van der Waals surface area (Å²) in [6, 6.07) is 7.41. The molecule has 5 fully saturated rings. The Morgan fingerprint density at radius 1 is 1.00 bits per heavy atom. The third-order valence-electron chi connectivity index (χ3n) is 10.9. The highest BCUT2D eigenvalue weighted by Gasteiger charge is 2.41. The Bertz CT molecular complexity index is 1340. The van der Waals surface area contributed by atoms with E-state index in [2.05, 4.69) is 62.2 Å². The maximum Gasteiger partial charge on any atom is 0.419 e. The summed E-state index contributed by atoms with van der Waals surface area (Å²) >= 11 is 0. The van der Waals surface area contributed by atoms with Crippen LogP contribution in [0, 0.1) is 5.92 Å². The van der Waals surface area contributed by atoms with Crippen LogP contribution in [0.25, 0.3) is 0 Å². The van der Waals surface area contributed by atoms with Crippen molar-refractivity contribution in [2.75, 3.05) is 69.6 Å². The molecule has 1 aromatic rings. The van der Waals surface area contributed by atoms with Crippen molar-refractivity contribution in [2.45, 2.75) is 88.9 Å². The van der Waals surface area contributed by atoms with Crippen LogP contribution in [-0.4, -0.2) is 104 Å². The molecule has 2 atom stereocenters. The van der Waals surface area contributed by atoms with E-state index in [1.807, 2.05) is 4.90 Å². The number of fused-ring (bicyclic) bond motifs is 2. The van der Waals surface area contributed by atoms with Crippen molar-refractivity contribution in [3.05, 3.63) is 47.8 Å². The standard InChI is InChI=1S/C36H52F3N7O/c1-25(40-14-5-15-46-31-7-4-6-28(22-31)35(46)47)33(36(37,38)39)24-41-26(2)42-34-11-10-30(23-32(34)27-8-9-27)44-16-12-29(13-17-44)45-20-18-43(3)19-21-45/h10-11,23-24,27-29,31,40H,1,4-9,12-22H2,2-3H3,(H,41,42)/b33-24+. The monoisotopic (exact) mass is 655 g/mol. The molecule has 2 N–H and O–H groups in total. The van der Waals surface area contributed by atoms with Crippen LogP contribution in [0.2, 0.25) is 0 Å². The molecule has 3 heterocycles. The number of hydrogen-bond acceptors (Lipinski definition) is 6. The van der Waals surface area contributed by atoms with Crippen molar-refractivity contribution >= 4 is 23.1 Å². The highest BCUT2D eigenvalue weighted by molar-refractivity contribution is 5.95. The van der Waals surface area contributed by atoms with Gasteiger partial charge in [0.1, 0.15) is 5.84 Å². The average molecular weight is 656 g/mol. The molecular weight excluding hydrogens is 603 g/mol. The SMILES string of the molecule is C=C(NCCCN1C(=O)C2CCCC1C2)/C(=C\N=C(C)Nc1ccc(N2CCC(N3CCN(C)CC3)CC2)cc1C1CC1)C(F)(F)F. The Hall–Kier alpha value is -3.05. The Kier molecular flexibility index (Phi) is 10.5. The highest BCUT2D eigenvalue weighted by atomic mass is 19.4. The molecule has 1 amide bonds. The van der Waals surface area contributed by atoms with Crippen LogP contribution in [0.3, 0.4) is 0 Å². The number of nitrogens with zero attached hydrogens (tertiary/aromatic N) is 5. The number of carbonyl (C=O) groups excluding carboxylic acids is 1. The maximum absolute atomic E-state index is 14.0. The number of likely N-dealkylation sites (tertiary alicyclic amines) is 1. The molecule has 11 heteroatoms. The smallest absolute Gasteiger partial charge is 0.385 e. The summed E-state index contributed by atoms with van der Waals surface area (Å²) < 4.78 is 42.1. The summed E-state index contributed by atoms with van der Waals surface area (Å²) in [5.41, 5.74) is 2.24. The number of rotatable bonds is 11. The van der Waals surface area contributed by atoms with Crippen LogP contribution in [0.5, 0.6) is 0 Å². The van der Waals surface area contributed by atoms with Crippen molar-refractivity contribution in [3.8, 4) is 0 Å². The van der Waals surface area contributed by atoms with Crippen LogP contribution in [-0.2, 0) is 4.79 Å². The lowest BCUT2D eigenvalue weighted by molar-refractivity contribution is -0.131. The molecule has 2 bridgehead atoms. The summed E-state index contributed by atoms with van der Waals surface area (Å²) in [4.78, 5) is 26.2. The first-order chi connectivity index (χ1) is 22.6. The fourth-order valence-electron chi connectivity index (χ4n) is 7.94. The molecule has 0 radical (unpaired) electrons. The first kappa shape index (κ1) is 33.8. The largest absolute Gasteiger partial charge is 0.419 e. The summed E-state index contributed by atoms with van der Waals surface area (Å²) in [7, 11) is 2.20. The number of likely N-dealkylation sites (N-methyl/N-ethyl adjacent to an activating group) is 1. The van der Waals surface area contributed by atoms with Gasteiger partial charge in [0.2, 0.25) is 5.91 Å². The zero-order chi connectivity index (χ0) is 33.1.